The molecule has 2 fully saturated rings. The lowest BCUT2D eigenvalue weighted by Crippen LogP contribution is -2.40. The van der Waals surface area contributed by atoms with E-state index >= 15 is 0 Å². The van der Waals surface area contributed by atoms with E-state index in [2.05, 4.69) is 29.2 Å². The minimum absolute atomic E-state index is 0.407. The predicted molar refractivity (Wildman–Crippen MR) is 72.5 cm³/mol. The van der Waals surface area contributed by atoms with Crippen LogP contribution in [-0.2, 0) is 7.05 Å². The van der Waals surface area contributed by atoms with Crippen molar-refractivity contribution in [2.24, 2.45) is 7.05 Å². The van der Waals surface area contributed by atoms with Crippen LogP contribution < -0.4 is 5.32 Å². The molecule has 3 heterocycles. The molecule has 0 aromatic carbocycles. The molecule has 3 rings (SSSR count). The molecule has 2 aliphatic heterocycles. The quantitative estimate of drug-likeness (QED) is 0.882. The van der Waals surface area contributed by atoms with Gasteiger partial charge in [0.25, 0.3) is 0 Å². The summed E-state index contributed by atoms with van der Waals surface area (Å²) in [5, 5.41) is 8.17. The maximum atomic E-state index is 4.34. The molecule has 2 aliphatic rings. The van der Waals surface area contributed by atoms with Crippen LogP contribution >= 0.6 is 0 Å². The smallest absolute Gasteiger partial charge is 0.0540 e. The fraction of sp³-hybridized carbons (Fsp3) is 0.786. The van der Waals surface area contributed by atoms with E-state index in [9.17, 15) is 0 Å². The lowest BCUT2D eigenvalue weighted by Gasteiger charge is -2.25. The third kappa shape index (κ3) is 1.97. The topological polar surface area (TPSA) is 33.1 Å². The van der Waals surface area contributed by atoms with Crippen molar-refractivity contribution in [1.82, 2.24) is 20.0 Å². The van der Waals surface area contributed by atoms with Crippen LogP contribution in [-0.4, -0.2) is 39.9 Å². The summed E-state index contributed by atoms with van der Waals surface area (Å²) in [4.78, 5) is 2.65. The first kappa shape index (κ1) is 12.2. The number of hydrogen-bond acceptors (Lipinski definition) is 3. The first-order chi connectivity index (χ1) is 8.66. The summed E-state index contributed by atoms with van der Waals surface area (Å²) >= 11 is 0. The predicted octanol–water partition coefficient (Wildman–Crippen LogP) is 1.62. The molecule has 4 heteroatoms. The van der Waals surface area contributed by atoms with Gasteiger partial charge in [0, 0.05) is 43.0 Å². The van der Waals surface area contributed by atoms with E-state index in [1.165, 1.54) is 43.6 Å². The zero-order valence-electron chi connectivity index (χ0n) is 11.7. The Morgan fingerprint density at radius 3 is 2.94 bits per heavy atom. The van der Waals surface area contributed by atoms with Gasteiger partial charge in [0.15, 0.2) is 0 Å². The molecule has 0 spiro atoms. The van der Waals surface area contributed by atoms with Crippen LogP contribution in [0.1, 0.15) is 43.5 Å². The molecule has 0 saturated carbocycles. The van der Waals surface area contributed by atoms with Gasteiger partial charge in [-0.3, -0.25) is 9.58 Å². The second-order valence-corrected chi connectivity index (χ2v) is 5.84. The van der Waals surface area contributed by atoms with Crippen molar-refractivity contribution in [2.75, 3.05) is 13.1 Å². The minimum atomic E-state index is 0.407. The molecular formula is C14H24N4. The molecule has 4 nitrogen and oxygen atoms in total. The molecule has 100 valence electrons. The Morgan fingerprint density at radius 2 is 2.22 bits per heavy atom. The molecule has 3 atom stereocenters. The number of hydrogen-bond donors (Lipinski definition) is 1. The summed E-state index contributed by atoms with van der Waals surface area (Å²) in [5.74, 6) is 0. The Hall–Kier alpha value is -0.870. The molecule has 0 aliphatic carbocycles. The lowest BCUT2D eigenvalue weighted by molar-refractivity contribution is 0.291. The van der Waals surface area contributed by atoms with Crippen LogP contribution in [0.4, 0.5) is 0 Å². The van der Waals surface area contributed by atoms with E-state index < -0.39 is 0 Å². The third-order valence-corrected chi connectivity index (χ3v) is 4.81. The van der Waals surface area contributed by atoms with Crippen molar-refractivity contribution < 1.29 is 0 Å². The SMILES string of the molecule is Cc1c(C(C)NC2CCN3CCCC23)cnn1C. The van der Waals surface area contributed by atoms with Gasteiger partial charge in [-0.05, 0) is 39.7 Å². The lowest BCUT2D eigenvalue weighted by atomic mass is 10.0. The zero-order valence-corrected chi connectivity index (χ0v) is 11.7. The van der Waals surface area contributed by atoms with Gasteiger partial charge in [-0.15, -0.1) is 0 Å². The van der Waals surface area contributed by atoms with E-state index in [-0.39, 0.29) is 0 Å². The van der Waals surface area contributed by atoms with Gasteiger partial charge in [-0.1, -0.05) is 0 Å². The standard InChI is InChI=1S/C14H24N4/c1-10(12-9-15-17(3)11(12)2)16-13-6-8-18-7-4-5-14(13)18/h9-10,13-14,16H,4-8H2,1-3H3. The fourth-order valence-corrected chi connectivity index (χ4v) is 3.63. The second-order valence-electron chi connectivity index (χ2n) is 5.84. The van der Waals surface area contributed by atoms with E-state index in [0.29, 0.717) is 12.1 Å². The van der Waals surface area contributed by atoms with Gasteiger partial charge in [0.2, 0.25) is 0 Å². The monoisotopic (exact) mass is 248 g/mol. The van der Waals surface area contributed by atoms with Crippen LogP contribution in [0.3, 0.4) is 0 Å². The van der Waals surface area contributed by atoms with Crippen molar-refractivity contribution >= 4 is 0 Å². The van der Waals surface area contributed by atoms with Crippen LogP contribution in [0.15, 0.2) is 6.20 Å². The Balaban J connectivity index is 1.67. The normalized spacial score (nSPS) is 29.7. The maximum Gasteiger partial charge on any atom is 0.0540 e. The van der Waals surface area contributed by atoms with Crippen molar-refractivity contribution in [2.45, 2.75) is 51.2 Å². The second kappa shape index (κ2) is 4.67. The van der Waals surface area contributed by atoms with E-state index in [1.54, 1.807) is 0 Å². The summed E-state index contributed by atoms with van der Waals surface area (Å²) in [6.45, 7) is 7.00. The van der Waals surface area contributed by atoms with Crippen LogP contribution in [0.2, 0.25) is 0 Å². The summed E-state index contributed by atoms with van der Waals surface area (Å²) in [5.41, 5.74) is 2.62. The molecule has 2 saturated heterocycles. The minimum Gasteiger partial charge on any atom is -0.306 e. The van der Waals surface area contributed by atoms with Gasteiger partial charge in [-0.2, -0.15) is 5.10 Å². The Labute approximate surface area is 109 Å². The molecule has 0 bridgehead atoms. The molecule has 0 amide bonds. The molecule has 18 heavy (non-hydrogen) atoms. The number of fused-ring (bicyclic) bond motifs is 1. The largest absolute Gasteiger partial charge is 0.306 e. The molecular weight excluding hydrogens is 224 g/mol. The Morgan fingerprint density at radius 1 is 1.39 bits per heavy atom. The highest BCUT2D eigenvalue weighted by Crippen LogP contribution is 2.29. The number of nitrogens with zero attached hydrogens (tertiary/aromatic N) is 3. The van der Waals surface area contributed by atoms with Crippen molar-refractivity contribution in [1.29, 1.82) is 0 Å². The highest BCUT2D eigenvalue weighted by Gasteiger charge is 2.37. The van der Waals surface area contributed by atoms with E-state index in [0.717, 1.165) is 6.04 Å². The Kier molecular flexibility index (Phi) is 3.16. The van der Waals surface area contributed by atoms with Crippen LogP contribution in [0, 0.1) is 6.92 Å². The molecule has 1 aromatic rings. The number of rotatable bonds is 3. The average Bonchev–Trinajstić information content (AvgIpc) is 3.00. The summed E-state index contributed by atoms with van der Waals surface area (Å²) in [6, 6.07) is 1.86. The van der Waals surface area contributed by atoms with Crippen LogP contribution in [0.25, 0.3) is 0 Å². The third-order valence-electron chi connectivity index (χ3n) is 4.81. The van der Waals surface area contributed by atoms with Crippen molar-refractivity contribution in [3.63, 3.8) is 0 Å². The number of aromatic nitrogens is 2. The van der Waals surface area contributed by atoms with Crippen molar-refractivity contribution in [3.8, 4) is 0 Å². The van der Waals surface area contributed by atoms with Gasteiger partial charge in [-0.25, -0.2) is 0 Å². The van der Waals surface area contributed by atoms with Gasteiger partial charge in [0.1, 0.15) is 0 Å². The van der Waals surface area contributed by atoms with Crippen molar-refractivity contribution in [3.05, 3.63) is 17.5 Å². The van der Waals surface area contributed by atoms with Gasteiger partial charge >= 0.3 is 0 Å². The molecule has 1 N–H and O–H groups in total. The zero-order chi connectivity index (χ0) is 12.7. The first-order valence-electron chi connectivity index (χ1n) is 7.15. The highest BCUT2D eigenvalue weighted by molar-refractivity contribution is 5.20. The average molecular weight is 248 g/mol. The number of nitrogens with one attached hydrogen (secondary N) is 1. The molecule has 0 radical (unpaired) electrons. The van der Waals surface area contributed by atoms with E-state index in [1.807, 2.05) is 17.9 Å². The fourth-order valence-electron chi connectivity index (χ4n) is 3.63. The number of aryl methyl sites for hydroxylation is 1. The summed E-state index contributed by atoms with van der Waals surface area (Å²) in [6.07, 6.45) is 6.06. The summed E-state index contributed by atoms with van der Waals surface area (Å²) in [7, 11) is 2.01. The van der Waals surface area contributed by atoms with E-state index in [4.69, 9.17) is 0 Å². The highest BCUT2D eigenvalue weighted by atomic mass is 15.3. The van der Waals surface area contributed by atoms with Gasteiger partial charge < -0.3 is 5.32 Å². The van der Waals surface area contributed by atoms with Crippen LogP contribution in [0.5, 0.6) is 0 Å². The molecule has 3 unspecified atom stereocenters. The summed E-state index contributed by atoms with van der Waals surface area (Å²) < 4.78 is 1.96. The molecule has 1 aromatic heterocycles. The van der Waals surface area contributed by atoms with Gasteiger partial charge in [0.05, 0.1) is 6.20 Å². The maximum absolute atomic E-state index is 4.34. The Bertz CT molecular complexity index is 425. The first-order valence-corrected chi connectivity index (χ1v) is 7.15.